The minimum atomic E-state index is -2.90. The van der Waals surface area contributed by atoms with Crippen LogP contribution in [0.1, 0.15) is 19.7 Å². The molecule has 98 valence electrons. The fourth-order valence-corrected chi connectivity index (χ4v) is 1.90. The molecule has 0 aliphatic heterocycles. The zero-order valence-corrected chi connectivity index (χ0v) is 11.4. The van der Waals surface area contributed by atoms with Gasteiger partial charge in [0.25, 0.3) is 0 Å². The van der Waals surface area contributed by atoms with Crippen LogP contribution in [-0.2, 0) is 22.9 Å². The highest BCUT2D eigenvalue weighted by molar-refractivity contribution is 7.90. The fraction of sp³-hybridized carbons (Fsp3) is 0.800. The van der Waals surface area contributed by atoms with Crippen LogP contribution in [0, 0.1) is 5.92 Å². The van der Waals surface area contributed by atoms with Crippen molar-refractivity contribution in [3.63, 3.8) is 0 Å². The smallest absolute Gasteiger partial charge is 0.148 e. The number of hydrogen-bond donors (Lipinski definition) is 1. The zero-order chi connectivity index (χ0) is 12.9. The van der Waals surface area contributed by atoms with Gasteiger partial charge < -0.3 is 5.32 Å². The van der Waals surface area contributed by atoms with Crippen molar-refractivity contribution in [3.8, 4) is 0 Å². The third-order valence-electron chi connectivity index (χ3n) is 2.17. The second-order valence-corrected chi connectivity index (χ2v) is 6.82. The lowest BCUT2D eigenvalue weighted by Crippen LogP contribution is -2.24. The summed E-state index contributed by atoms with van der Waals surface area (Å²) in [6.07, 6.45) is 2.76. The van der Waals surface area contributed by atoms with Crippen LogP contribution in [0.3, 0.4) is 0 Å². The maximum absolute atomic E-state index is 10.9. The summed E-state index contributed by atoms with van der Waals surface area (Å²) in [5.41, 5.74) is 0. The van der Waals surface area contributed by atoms with Gasteiger partial charge >= 0.3 is 0 Å². The van der Waals surface area contributed by atoms with Gasteiger partial charge in [-0.05, 0) is 5.92 Å². The van der Waals surface area contributed by atoms with E-state index in [1.807, 2.05) is 4.68 Å². The molecule has 1 aromatic rings. The summed E-state index contributed by atoms with van der Waals surface area (Å²) in [6.45, 7) is 6.03. The van der Waals surface area contributed by atoms with Crippen molar-refractivity contribution in [2.24, 2.45) is 5.92 Å². The van der Waals surface area contributed by atoms with E-state index in [-0.39, 0.29) is 5.75 Å². The Hall–Kier alpha value is -0.950. The molecular formula is C10H20N4O2S. The predicted molar refractivity (Wildman–Crippen MR) is 66.3 cm³/mol. The highest BCUT2D eigenvalue weighted by Crippen LogP contribution is 2.00. The third kappa shape index (κ3) is 5.78. The summed E-state index contributed by atoms with van der Waals surface area (Å²) in [5.74, 6) is 1.49. The van der Waals surface area contributed by atoms with E-state index in [0.717, 1.165) is 12.4 Å². The SMILES string of the molecule is CC(C)Cn1ncnc1CNCCS(C)(=O)=O. The van der Waals surface area contributed by atoms with Gasteiger partial charge in [-0.3, -0.25) is 0 Å². The zero-order valence-electron chi connectivity index (χ0n) is 10.5. The molecule has 7 heteroatoms. The minimum absolute atomic E-state index is 0.144. The number of aromatic nitrogens is 3. The van der Waals surface area contributed by atoms with Crippen LogP contribution < -0.4 is 5.32 Å². The van der Waals surface area contributed by atoms with Crippen LogP contribution in [0.5, 0.6) is 0 Å². The lowest BCUT2D eigenvalue weighted by molar-refractivity contribution is 0.459. The summed E-state index contributed by atoms with van der Waals surface area (Å²) >= 11 is 0. The quantitative estimate of drug-likeness (QED) is 0.702. The second-order valence-electron chi connectivity index (χ2n) is 4.56. The molecule has 1 rings (SSSR count). The number of rotatable bonds is 7. The Labute approximate surface area is 102 Å². The third-order valence-corrected chi connectivity index (χ3v) is 3.11. The van der Waals surface area contributed by atoms with E-state index in [4.69, 9.17) is 0 Å². The molecule has 0 saturated heterocycles. The van der Waals surface area contributed by atoms with Crippen LogP contribution in [0.4, 0.5) is 0 Å². The summed E-state index contributed by atoms with van der Waals surface area (Å²) in [7, 11) is -2.90. The van der Waals surface area contributed by atoms with Gasteiger partial charge in [-0.15, -0.1) is 0 Å². The average Bonchev–Trinajstić information content (AvgIpc) is 2.58. The van der Waals surface area contributed by atoms with E-state index in [1.54, 1.807) is 0 Å². The summed E-state index contributed by atoms with van der Waals surface area (Å²) in [4.78, 5) is 4.14. The number of hydrogen-bond acceptors (Lipinski definition) is 5. The maximum Gasteiger partial charge on any atom is 0.148 e. The second kappa shape index (κ2) is 6.11. The molecule has 0 unspecified atom stereocenters. The standard InChI is InChI=1S/C10H20N4O2S/c1-9(2)7-14-10(12-8-13-14)6-11-4-5-17(3,15)16/h8-9,11H,4-7H2,1-3H3. The van der Waals surface area contributed by atoms with Crippen LogP contribution >= 0.6 is 0 Å². The van der Waals surface area contributed by atoms with Gasteiger partial charge in [0.05, 0.1) is 12.3 Å². The monoisotopic (exact) mass is 260 g/mol. The van der Waals surface area contributed by atoms with Gasteiger partial charge in [0.2, 0.25) is 0 Å². The Balaban J connectivity index is 2.39. The van der Waals surface area contributed by atoms with Crippen molar-refractivity contribution in [1.29, 1.82) is 0 Å². The Bertz CT molecular complexity index is 439. The molecule has 0 radical (unpaired) electrons. The predicted octanol–water partition coefficient (Wildman–Crippen LogP) is 0.0683. The summed E-state index contributed by atoms with van der Waals surface area (Å²) in [5, 5.41) is 7.19. The lowest BCUT2D eigenvalue weighted by atomic mass is 10.2. The molecule has 1 N–H and O–H groups in total. The molecule has 0 aliphatic rings. The number of nitrogens with one attached hydrogen (secondary N) is 1. The van der Waals surface area contributed by atoms with Crippen molar-refractivity contribution in [2.45, 2.75) is 26.9 Å². The average molecular weight is 260 g/mol. The Morgan fingerprint density at radius 2 is 2.18 bits per heavy atom. The highest BCUT2D eigenvalue weighted by atomic mass is 32.2. The molecule has 0 amide bonds. The van der Waals surface area contributed by atoms with E-state index in [1.165, 1.54) is 12.6 Å². The van der Waals surface area contributed by atoms with Gasteiger partial charge in [0, 0.05) is 19.3 Å². The van der Waals surface area contributed by atoms with E-state index in [2.05, 4.69) is 29.2 Å². The van der Waals surface area contributed by atoms with Gasteiger partial charge in [-0.2, -0.15) is 5.10 Å². The van der Waals surface area contributed by atoms with Gasteiger partial charge in [-0.1, -0.05) is 13.8 Å². The van der Waals surface area contributed by atoms with E-state index in [0.29, 0.717) is 19.0 Å². The molecule has 6 nitrogen and oxygen atoms in total. The van der Waals surface area contributed by atoms with E-state index < -0.39 is 9.84 Å². The lowest BCUT2D eigenvalue weighted by Gasteiger charge is -2.09. The maximum atomic E-state index is 10.9. The van der Waals surface area contributed by atoms with Gasteiger partial charge in [0.15, 0.2) is 0 Å². The Morgan fingerprint density at radius 1 is 1.47 bits per heavy atom. The highest BCUT2D eigenvalue weighted by Gasteiger charge is 2.06. The normalized spacial score (nSPS) is 12.2. The molecule has 0 aliphatic carbocycles. The molecule has 1 heterocycles. The van der Waals surface area contributed by atoms with Crippen molar-refractivity contribution in [3.05, 3.63) is 12.2 Å². The summed E-state index contributed by atoms with van der Waals surface area (Å²) < 4.78 is 23.7. The molecule has 0 aromatic carbocycles. The Morgan fingerprint density at radius 3 is 2.76 bits per heavy atom. The first-order valence-corrected chi connectivity index (χ1v) is 7.69. The van der Waals surface area contributed by atoms with Crippen molar-refractivity contribution in [2.75, 3.05) is 18.6 Å². The van der Waals surface area contributed by atoms with Crippen LogP contribution in [0.15, 0.2) is 6.33 Å². The molecule has 1 aromatic heterocycles. The van der Waals surface area contributed by atoms with Crippen molar-refractivity contribution in [1.82, 2.24) is 20.1 Å². The molecular weight excluding hydrogens is 240 g/mol. The molecule has 0 atom stereocenters. The topological polar surface area (TPSA) is 76.9 Å². The fourth-order valence-electron chi connectivity index (χ4n) is 1.38. The van der Waals surface area contributed by atoms with Gasteiger partial charge in [0.1, 0.15) is 22.0 Å². The first kappa shape index (κ1) is 14.1. The first-order valence-electron chi connectivity index (χ1n) is 5.63. The van der Waals surface area contributed by atoms with E-state index in [9.17, 15) is 8.42 Å². The molecule has 0 bridgehead atoms. The number of nitrogens with zero attached hydrogens (tertiary/aromatic N) is 3. The first-order chi connectivity index (χ1) is 7.88. The molecule has 0 spiro atoms. The van der Waals surface area contributed by atoms with Crippen LogP contribution in [0.25, 0.3) is 0 Å². The van der Waals surface area contributed by atoms with Crippen LogP contribution in [0.2, 0.25) is 0 Å². The summed E-state index contributed by atoms with van der Waals surface area (Å²) in [6, 6.07) is 0. The largest absolute Gasteiger partial charge is 0.309 e. The molecule has 17 heavy (non-hydrogen) atoms. The Kier molecular flexibility index (Phi) is 5.07. The van der Waals surface area contributed by atoms with Gasteiger partial charge in [-0.25, -0.2) is 18.1 Å². The van der Waals surface area contributed by atoms with Crippen molar-refractivity contribution >= 4 is 9.84 Å². The molecule has 0 fully saturated rings. The van der Waals surface area contributed by atoms with Crippen molar-refractivity contribution < 1.29 is 8.42 Å². The van der Waals surface area contributed by atoms with E-state index >= 15 is 0 Å². The van der Waals surface area contributed by atoms with Crippen LogP contribution in [-0.4, -0.2) is 41.7 Å². The molecule has 0 saturated carbocycles. The number of sulfone groups is 1. The minimum Gasteiger partial charge on any atom is -0.309 e.